The van der Waals surface area contributed by atoms with Crippen LogP contribution < -0.4 is 11.1 Å². The van der Waals surface area contributed by atoms with Gasteiger partial charge in [0.05, 0.1) is 5.69 Å². The lowest BCUT2D eigenvalue weighted by Crippen LogP contribution is -2.23. The number of hydrogen-bond donors (Lipinski definition) is 2. The molecule has 1 aliphatic rings. The maximum atomic E-state index is 11.6. The second-order valence-electron chi connectivity index (χ2n) is 5.18. The average Bonchev–Trinajstić information content (AvgIpc) is 2.65. The lowest BCUT2D eigenvalue weighted by Gasteiger charge is -2.05. The lowest BCUT2D eigenvalue weighted by molar-refractivity contribution is 0.248. The van der Waals surface area contributed by atoms with E-state index in [1.165, 1.54) is 4.68 Å². The summed E-state index contributed by atoms with van der Waals surface area (Å²) < 4.78 is 1.27. The molecular weight excluding hydrogens is 288 g/mol. The second kappa shape index (κ2) is 5.77. The molecule has 21 heavy (non-hydrogen) atoms. The Morgan fingerprint density at radius 2 is 2.19 bits per heavy atom. The monoisotopic (exact) mass is 304 g/mol. The van der Waals surface area contributed by atoms with Crippen LogP contribution in [-0.2, 0) is 12.8 Å². The van der Waals surface area contributed by atoms with Crippen molar-refractivity contribution in [1.29, 1.82) is 0 Å². The largest absolute Gasteiger partial charge is 0.370 e. The van der Waals surface area contributed by atoms with Crippen molar-refractivity contribution >= 4 is 23.4 Å². The van der Waals surface area contributed by atoms with E-state index in [4.69, 9.17) is 17.3 Å². The highest BCUT2D eigenvalue weighted by Gasteiger charge is 2.22. The Labute approximate surface area is 128 Å². The highest BCUT2D eigenvalue weighted by Crippen LogP contribution is 2.28. The molecule has 0 fully saturated rings. The van der Waals surface area contributed by atoms with E-state index in [-0.39, 0.29) is 0 Å². The number of nitrogens with zero attached hydrogens (tertiary/aromatic N) is 2. The molecule has 0 saturated carbocycles. The van der Waals surface area contributed by atoms with Gasteiger partial charge in [0.25, 0.3) is 0 Å². The number of rotatable bonds is 2. The molecule has 0 aliphatic carbocycles. The molecule has 0 spiro atoms. The molecule has 1 aromatic heterocycles. The van der Waals surface area contributed by atoms with Crippen LogP contribution in [0.4, 0.5) is 10.6 Å². The van der Waals surface area contributed by atoms with Crippen molar-refractivity contribution in [3.63, 3.8) is 0 Å². The van der Waals surface area contributed by atoms with Crippen LogP contribution in [0, 0.1) is 0 Å². The van der Waals surface area contributed by atoms with Gasteiger partial charge >= 0.3 is 6.03 Å². The number of nitrogens with two attached hydrogens (primary N) is 1. The maximum Gasteiger partial charge on any atom is 0.341 e. The van der Waals surface area contributed by atoms with Gasteiger partial charge in [-0.2, -0.15) is 9.78 Å². The predicted octanol–water partition coefficient (Wildman–Crippen LogP) is 2.80. The first-order valence-electron chi connectivity index (χ1n) is 7.04. The van der Waals surface area contributed by atoms with Crippen molar-refractivity contribution in [1.82, 2.24) is 9.78 Å². The number of anilines is 1. The number of fused-ring (bicyclic) bond motifs is 1. The van der Waals surface area contributed by atoms with Gasteiger partial charge in [-0.05, 0) is 30.9 Å². The topological polar surface area (TPSA) is 72.9 Å². The van der Waals surface area contributed by atoms with E-state index in [1.807, 2.05) is 24.3 Å². The van der Waals surface area contributed by atoms with Crippen molar-refractivity contribution in [3.05, 3.63) is 46.1 Å². The van der Waals surface area contributed by atoms with Gasteiger partial charge < -0.3 is 11.1 Å². The van der Waals surface area contributed by atoms with Gasteiger partial charge in [-0.25, -0.2) is 4.79 Å². The quantitative estimate of drug-likeness (QED) is 0.896. The predicted molar refractivity (Wildman–Crippen MR) is 82.9 cm³/mol. The summed E-state index contributed by atoms with van der Waals surface area (Å²) in [6, 6.07) is 7.12. The fourth-order valence-electron chi connectivity index (χ4n) is 2.70. The molecule has 0 unspecified atom stereocenters. The first-order chi connectivity index (χ1) is 10.2. The number of carbonyl (C=O) groups excluding carboxylic acids is 1. The van der Waals surface area contributed by atoms with E-state index in [2.05, 4.69) is 10.4 Å². The third-order valence-corrected chi connectivity index (χ3v) is 4.11. The van der Waals surface area contributed by atoms with Crippen molar-refractivity contribution in [2.45, 2.75) is 25.7 Å². The van der Waals surface area contributed by atoms with Gasteiger partial charge in [-0.3, -0.25) is 0 Å². The van der Waals surface area contributed by atoms with Gasteiger partial charge in [0, 0.05) is 23.6 Å². The van der Waals surface area contributed by atoms with Crippen LogP contribution in [0.15, 0.2) is 24.3 Å². The minimum Gasteiger partial charge on any atom is -0.370 e. The van der Waals surface area contributed by atoms with Gasteiger partial charge in [0.2, 0.25) is 0 Å². The van der Waals surface area contributed by atoms with Crippen LogP contribution in [0.25, 0.3) is 0 Å². The number of nitrogens with one attached hydrogen (secondary N) is 1. The van der Waals surface area contributed by atoms with Gasteiger partial charge in [0.1, 0.15) is 5.82 Å². The molecular formula is C15H17ClN4O. The molecule has 0 bridgehead atoms. The molecule has 1 aromatic carbocycles. The molecule has 0 atom stereocenters. The average molecular weight is 305 g/mol. The number of primary amides is 1. The Hall–Kier alpha value is -2.01. The molecule has 0 radical (unpaired) electrons. The Bertz CT molecular complexity index is 680. The summed E-state index contributed by atoms with van der Waals surface area (Å²) >= 11 is 6.22. The van der Waals surface area contributed by atoms with Crippen molar-refractivity contribution in [3.8, 4) is 0 Å². The summed E-state index contributed by atoms with van der Waals surface area (Å²) in [7, 11) is 0. The number of aromatic nitrogens is 2. The van der Waals surface area contributed by atoms with Crippen molar-refractivity contribution < 1.29 is 4.79 Å². The first-order valence-corrected chi connectivity index (χ1v) is 7.42. The summed E-state index contributed by atoms with van der Waals surface area (Å²) in [5.74, 6) is 0.738. The fourth-order valence-corrected chi connectivity index (χ4v) is 2.90. The summed E-state index contributed by atoms with van der Waals surface area (Å²) in [6.45, 7) is 0.831. The standard InChI is InChI=1S/C15H17ClN4O/c16-12-7-2-1-5-10(12)9-13-11-6-3-4-8-18-14(11)20(19-13)15(17)21/h1-2,5,7,18H,3-4,6,8-9H2,(H2,17,21). The van der Waals surface area contributed by atoms with E-state index in [0.29, 0.717) is 11.4 Å². The van der Waals surface area contributed by atoms with Crippen molar-refractivity contribution in [2.75, 3.05) is 11.9 Å². The zero-order valence-corrected chi connectivity index (χ0v) is 12.4. The number of benzene rings is 1. The number of hydrogen-bond acceptors (Lipinski definition) is 3. The van der Waals surface area contributed by atoms with E-state index in [9.17, 15) is 4.79 Å². The normalized spacial score (nSPS) is 14.1. The molecule has 3 rings (SSSR count). The van der Waals surface area contributed by atoms with Crippen LogP contribution in [0.5, 0.6) is 0 Å². The van der Waals surface area contributed by atoms with Crippen LogP contribution >= 0.6 is 11.6 Å². The third kappa shape index (κ3) is 2.74. The highest BCUT2D eigenvalue weighted by atomic mass is 35.5. The zero-order valence-electron chi connectivity index (χ0n) is 11.6. The number of halogens is 1. The minimum absolute atomic E-state index is 0.564. The fraction of sp³-hybridized carbons (Fsp3) is 0.333. The summed E-state index contributed by atoms with van der Waals surface area (Å²) in [6.07, 6.45) is 3.64. The third-order valence-electron chi connectivity index (χ3n) is 3.74. The van der Waals surface area contributed by atoms with Crippen molar-refractivity contribution in [2.24, 2.45) is 5.73 Å². The maximum absolute atomic E-state index is 11.6. The van der Waals surface area contributed by atoms with Gasteiger partial charge in [-0.1, -0.05) is 29.8 Å². The number of carbonyl (C=O) groups is 1. The van der Waals surface area contributed by atoms with E-state index < -0.39 is 6.03 Å². The van der Waals surface area contributed by atoms with Gasteiger partial charge in [0.15, 0.2) is 0 Å². The smallest absolute Gasteiger partial charge is 0.341 e. The van der Waals surface area contributed by atoms with E-state index >= 15 is 0 Å². The Kier molecular flexibility index (Phi) is 3.84. The first kappa shape index (κ1) is 13.9. The van der Waals surface area contributed by atoms with E-state index in [0.717, 1.165) is 48.4 Å². The molecule has 3 N–H and O–H groups in total. The van der Waals surface area contributed by atoms with E-state index in [1.54, 1.807) is 0 Å². The molecule has 0 saturated heterocycles. The summed E-state index contributed by atoms with van der Waals surface area (Å²) in [5.41, 5.74) is 8.36. The minimum atomic E-state index is -0.564. The second-order valence-corrected chi connectivity index (χ2v) is 5.58. The molecule has 110 valence electrons. The molecule has 2 heterocycles. The molecule has 1 aliphatic heterocycles. The lowest BCUT2D eigenvalue weighted by atomic mass is 10.0. The Morgan fingerprint density at radius 3 is 2.95 bits per heavy atom. The highest BCUT2D eigenvalue weighted by molar-refractivity contribution is 6.31. The molecule has 5 nitrogen and oxygen atoms in total. The Morgan fingerprint density at radius 1 is 1.38 bits per heavy atom. The molecule has 1 amide bonds. The molecule has 6 heteroatoms. The zero-order chi connectivity index (χ0) is 14.8. The summed E-state index contributed by atoms with van der Waals surface area (Å²) in [5, 5.41) is 8.36. The van der Waals surface area contributed by atoms with Crippen LogP contribution in [0.3, 0.4) is 0 Å². The van der Waals surface area contributed by atoms with Crippen LogP contribution in [0.1, 0.15) is 29.7 Å². The van der Waals surface area contributed by atoms with Crippen LogP contribution in [-0.4, -0.2) is 22.4 Å². The summed E-state index contributed by atoms with van der Waals surface area (Å²) in [4.78, 5) is 11.6. The SMILES string of the molecule is NC(=O)n1nc(Cc2ccccc2Cl)c2c1NCCCC2. The Balaban J connectivity index is 2.02. The number of amides is 1. The molecule has 2 aromatic rings. The van der Waals surface area contributed by atoms with Gasteiger partial charge in [-0.15, -0.1) is 0 Å². The van der Waals surface area contributed by atoms with Crippen LogP contribution in [0.2, 0.25) is 5.02 Å².